The summed E-state index contributed by atoms with van der Waals surface area (Å²) in [5.41, 5.74) is 9.55. The fraction of sp³-hybridized carbons (Fsp3) is 0.278. The molecular weight excluding hydrogens is 276 g/mol. The van der Waals surface area contributed by atoms with Gasteiger partial charge in [-0.15, -0.1) is 0 Å². The van der Waals surface area contributed by atoms with Crippen molar-refractivity contribution in [2.45, 2.75) is 19.8 Å². The monoisotopic (exact) mass is 298 g/mol. The zero-order valence-corrected chi connectivity index (χ0v) is 13.1. The van der Waals surface area contributed by atoms with Crippen LogP contribution in [-0.2, 0) is 17.6 Å². The fourth-order valence-electron chi connectivity index (χ4n) is 2.25. The molecule has 0 bridgehead atoms. The fourth-order valence-corrected chi connectivity index (χ4v) is 2.25. The lowest BCUT2D eigenvalue weighted by atomic mass is 10.1. The van der Waals surface area contributed by atoms with Gasteiger partial charge < -0.3 is 15.8 Å². The number of hydrogen-bond donors (Lipinski definition) is 2. The zero-order valence-electron chi connectivity index (χ0n) is 13.1. The molecule has 0 aliphatic carbocycles. The molecule has 0 saturated heterocycles. The van der Waals surface area contributed by atoms with Crippen molar-refractivity contribution >= 4 is 11.6 Å². The summed E-state index contributed by atoms with van der Waals surface area (Å²) in [7, 11) is 1.67. The minimum atomic E-state index is 0.0175. The Kier molecular flexibility index (Phi) is 5.42. The Bertz CT molecular complexity index is 636. The number of benzene rings is 2. The Hall–Kier alpha value is -2.49. The van der Waals surface area contributed by atoms with E-state index in [9.17, 15) is 4.79 Å². The first-order chi connectivity index (χ1) is 10.6. The van der Waals surface area contributed by atoms with E-state index in [-0.39, 0.29) is 5.91 Å². The van der Waals surface area contributed by atoms with E-state index >= 15 is 0 Å². The molecule has 0 unspecified atom stereocenters. The molecule has 116 valence electrons. The number of hydrogen-bond acceptors (Lipinski definition) is 3. The average Bonchev–Trinajstić information content (AvgIpc) is 2.51. The SMILES string of the molecule is COc1cc(CCNC(=O)Cc2ccc(N)cc2)ccc1C. The summed E-state index contributed by atoms with van der Waals surface area (Å²) in [5, 5.41) is 2.94. The second-order valence-corrected chi connectivity index (χ2v) is 5.32. The minimum absolute atomic E-state index is 0.0175. The Morgan fingerprint density at radius 1 is 1.14 bits per heavy atom. The molecule has 0 radical (unpaired) electrons. The highest BCUT2D eigenvalue weighted by Crippen LogP contribution is 2.19. The molecule has 0 heterocycles. The van der Waals surface area contributed by atoms with Gasteiger partial charge in [-0.3, -0.25) is 4.79 Å². The number of methoxy groups -OCH3 is 1. The number of nitrogen functional groups attached to an aromatic ring is 1. The van der Waals surface area contributed by atoms with Gasteiger partial charge in [0.2, 0.25) is 5.91 Å². The summed E-state index contributed by atoms with van der Waals surface area (Å²) < 4.78 is 5.30. The molecule has 2 aromatic carbocycles. The second kappa shape index (κ2) is 7.50. The van der Waals surface area contributed by atoms with Crippen LogP contribution < -0.4 is 15.8 Å². The van der Waals surface area contributed by atoms with Gasteiger partial charge in [0.15, 0.2) is 0 Å². The van der Waals surface area contributed by atoms with Crippen molar-refractivity contribution in [3.8, 4) is 5.75 Å². The molecule has 1 amide bonds. The molecule has 4 nitrogen and oxygen atoms in total. The summed E-state index contributed by atoms with van der Waals surface area (Å²) in [5.74, 6) is 0.898. The number of aryl methyl sites for hydroxylation is 1. The van der Waals surface area contributed by atoms with Gasteiger partial charge in [-0.25, -0.2) is 0 Å². The molecule has 22 heavy (non-hydrogen) atoms. The van der Waals surface area contributed by atoms with Crippen LogP contribution in [0, 0.1) is 6.92 Å². The standard InChI is InChI=1S/C18H22N2O2/c1-13-3-4-15(11-17(13)22-2)9-10-20-18(21)12-14-5-7-16(19)8-6-14/h3-8,11H,9-10,12,19H2,1-2H3,(H,20,21). The Morgan fingerprint density at radius 2 is 1.82 bits per heavy atom. The van der Waals surface area contributed by atoms with E-state index in [0.717, 1.165) is 28.9 Å². The normalized spacial score (nSPS) is 10.3. The van der Waals surface area contributed by atoms with E-state index in [4.69, 9.17) is 10.5 Å². The lowest BCUT2D eigenvalue weighted by Gasteiger charge is -2.09. The Labute approximate surface area is 131 Å². The maximum atomic E-state index is 11.9. The maximum Gasteiger partial charge on any atom is 0.224 e. The molecule has 0 aliphatic heterocycles. The van der Waals surface area contributed by atoms with Crippen LogP contribution in [0.3, 0.4) is 0 Å². The number of ether oxygens (including phenoxy) is 1. The van der Waals surface area contributed by atoms with E-state index < -0.39 is 0 Å². The largest absolute Gasteiger partial charge is 0.496 e. The van der Waals surface area contributed by atoms with Crippen molar-refractivity contribution in [3.05, 3.63) is 59.2 Å². The van der Waals surface area contributed by atoms with E-state index in [1.807, 2.05) is 31.2 Å². The van der Waals surface area contributed by atoms with Gasteiger partial charge in [0, 0.05) is 12.2 Å². The predicted octanol–water partition coefficient (Wildman–Crippen LogP) is 2.49. The number of anilines is 1. The van der Waals surface area contributed by atoms with Crippen molar-refractivity contribution in [3.63, 3.8) is 0 Å². The molecule has 0 fully saturated rings. The van der Waals surface area contributed by atoms with Gasteiger partial charge in [-0.2, -0.15) is 0 Å². The van der Waals surface area contributed by atoms with Gasteiger partial charge in [-0.1, -0.05) is 24.3 Å². The van der Waals surface area contributed by atoms with E-state index in [0.29, 0.717) is 18.7 Å². The van der Waals surface area contributed by atoms with Crippen LogP contribution in [0.2, 0.25) is 0 Å². The molecular formula is C18H22N2O2. The predicted molar refractivity (Wildman–Crippen MR) is 89.0 cm³/mol. The lowest BCUT2D eigenvalue weighted by Crippen LogP contribution is -2.27. The quantitative estimate of drug-likeness (QED) is 0.805. The second-order valence-electron chi connectivity index (χ2n) is 5.32. The number of nitrogens with two attached hydrogens (primary N) is 1. The van der Waals surface area contributed by atoms with Crippen LogP contribution in [0.1, 0.15) is 16.7 Å². The van der Waals surface area contributed by atoms with Gasteiger partial charge in [0.1, 0.15) is 5.75 Å². The molecule has 2 rings (SSSR count). The molecule has 0 spiro atoms. The van der Waals surface area contributed by atoms with Crippen molar-refractivity contribution < 1.29 is 9.53 Å². The number of carbonyl (C=O) groups is 1. The average molecular weight is 298 g/mol. The number of rotatable bonds is 6. The van der Waals surface area contributed by atoms with Gasteiger partial charge in [0.25, 0.3) is 0 Å². The van der Waals surface area contributed by atoms with Crippen LogP contribution in [-0.4, -0.2) is 19.6 Å². The van der Waals surface area contributed by atoms with Crippen LogP contribution in [0.15, 0.2) is 42.5 Å². The Balaban J connectivity index is 1.80. The molecule has 0 aliphatic rings. The number of nitrogens with one attached hydrogen (secondary N) is 1. The first-order valence-corrected chi connectivity index (χ1v) is 7.33. The molecule has 4 heteroatoms. The highest BCUT2D eigenvalue weighted by Gasteiger charge is 2.04. The topological polar surface area (TPSA) is 64.3 Å². The van der Waals surface area contributed by atoms with Gasteiger partial charge in [-0.05, 0) is 48.2 Å². The van der Waals surface area contributed by atoms with Crippen molar-refractivity contribution in [1.82, 2.24) is 5.32 Å². The third-order valence-electron chi connectivity index (χ3n) is 3.55. The lowest BCUT2D eigenvalue weighted by molar-refractivity contribution is -0.120. The van der Waals surface area contributed by atoms with Crippen molar-refractivity contribution in [2.75, 3.05) is 19.4 Å². The van der Waals surface area contributed by atoms with Crippen LogP contribution in [0.4, 0.5) is 5.69 Å². The van der Waals surface area contributed by atoms with Crippen molar-refractivity contribution in [2.24, 2.45) is 0 Å². The molecule has 0 aromatic heterocycles. The van der Waals surface area contributed by atoms with Gasteiger partial charge >= 0.3 is 0 Å². The van der Waals surface area contributed by atoms with Gasteiger partial charge in [0.05, 0.1) is 13.5 Å². The molecule has 2 aromatic rings. The third-order valence-corrected chi connectivity index (χ3v) is 3.55. The Morgan fingerprint density at radius 3 is 2.50 bits per heavy atom. The maximum absolute atomic E-state index is 11.9. The summed E-state index contributed by atoms with van der Waals surface area (Å²) in [6.07, 6.45) is 1.15. The van der Waals surface area contributed by atoms with Crippen LogP contribution >= 0.6 is 0 Å². The molecule has 0 saturated carbocycles. The van der Waals surface area contributed by atoms with E-state index in [2.05, 4.69) is 11.4 Å². The molecule has 3 N–H and O–H groups in total. The first kappa shape index (κ1) is 15.9. The highest BCUT2D eigenvalue weighted by molar-refractivity contribution is 5.78. The summed E-state index contributed by atoms with van der Waals surface area (Å²) in [4.78, 5) is 11.9. The van der Waals surface area contributed by atoms with E-state index in [1.165, 1.54) is 0 Å². The summed E-state index contributed by atoms with van der Waals surface area (Å²) in [6.45, 7) is 2.62. The molecule has 0 atom stereocenters. The number of amides is 1. The summed E-state index contributed by atoms with van der Waals surface area (Å²) in [6, 6.07) is 13.5. The van der Waals surface area contributed by atoms with Crippen molar-refractivity contribution in [1.29, 1.82) is 0 Å². The van der Waals surface area contributed by atoms with Crippen LogP contribution in [0.25, 0.3) is 0 Å². The third kappa shape index (κ3) is 4.52. The highest BCUT2D eigenvalue weighted by atomic mass is 16.5. The minimum Gasteiger partial charge on any atom is -0.496 e. The van der Waals surface area contributed by atoms with E-state index in [1.54, 1.807) is 19.2 Å². The first-order valence-electron chi connectivity index (χ1n) is 7.33. The number of carbonyl (C=O) groups excluding carboxylic acids is 1. The smallest absolute Gasteiger partial charge is 0.224 e. The summed E-state index contributed by atoms with van der Waals surface area (Å²) >= 11 is 0. The van der Waals surface area contributed by atoms with Crippen LogP contribution in [0.5, 0.6) is 5.75 Å². The zero-order chi connectivity index (χ0) is 15.9.